The molecule has 2 aliphatic rings. The predicted molar refractivity (Wildman–Crippen MR) is 89.0 cm³/mol. The number of likely N-dealkylation sites (N-methyl/N-ethyl adjacent to an activating group) is 1. The highest BCUT2D eigenvalue weighted by Crippen LogP contribution is 2.40. The molecule has 1 N–H and O–H groups in total. The highest BCUT2D eigenvalue weighted by atomic mass is 19.1. The van der Waals surface area contributed by atoms with Crippen molar-refractivity contribution in [3.05, 3.63) is 65.0 Å². The van der Waals surface area contributed by atoms with E-state index in [0.29, 0.717) is 22.6 Å². The van der Waals surface area contributed by atoms with E-state index < -0.39 is 23.5 Å². The fourth-order valence-electron chi connectivity index (χ4n) is 3.18. The summed E-state index contributed by atoms with van der Waals surface area (Å²) in [6.07, 6.45) is 0. The Morgan fingerprint density at radius 3 is 2.54 bits per heavy atom. The van der Waals surface area contributed by atoms with Crippen LogP contribution in [0.3, 0.4) is 0 Å². The predicted octanol–water partition coefficient (Wildman–Crippen LogP) is 2.61. The van der Waals surface area contributed by atoms with Crippen molar-refractivity contribution in [1.29, 1.82) is 0 Å². The largest absolute Gasteiger partial charge is 0.507 e. The fraction of sp³-hybridized carbons (Fsp3) is 0.158. The van der Waals surface area contributed by atoms with E-state index in [1.54, 1.807) is 18.2 Å². The molecule has 1 fully saturated rings. The van der Waals surface area contributed by atoms with Crippen LogP contribution >= 0.6 is 0 Å². The molecule has 7 heteroatoms. The summed E-state index contributed by atoms with van der Waals surface area (Å²) in [5, 5.41) is 10.8. The average molecular weight is 355 g/mol. The topological polar surface area (TPSA) is 76.1 Å². The van der Waals surface area contributed by atoms with Crippen LogP contribution in [0.15, 0.2) is 48.0 Å². The van der Waals surface area contributed by atoms with E-state index in [0.717, 1.165) is 0 Å². The number of rotatable bonds is 2. The molecule has 4 rings (SSSR count). The number of hydrogen-bond donors (Lipinski definition) is 1. The van der Waals surface area contributed by atoms with Gasteiger partial charge in [-0.05, 0) is 35.9 Å². The van der Waals surface area contributed by atoms with Crippen molar-refractivity contribution < 1.29 is 28.6 Å². The van der Waals surface area contributed by atoms with Crippen LogP contribution in [-0.4, -0.2) is 35.5 Å². The van der Waals surface area contributed by atoms with E-state index in [1.807, 2.05) is 0 Å². The summed E-state index contributed by atoms with van der Waals surface area (Å²) >= 11 is 0. The Hall–Kier alpha value is -3.35. The van der Waals surface area contributed by atoms with Gasteiger partial charge in [0.25, 0.3) is 11.7 Å². The summed E-state index contributed by atoms with van der Waals surface area (Å²) in [5.41, 5.74) is 0.797. The number of nitrogens with zero attached hydrogens (tertiary/aromatic N) is 1. The Morgan fingerprint density at radius 1 is 1.12 bits per heavy atom. The van der Waals surface area contributed by atoms with Crippen LogP contribution in [0.25, 0.3) is 5.76 Å². The standard InChI is InChI=1S/C19H14FNO5/c1-21-16(10-2-5-12(20)6-3-10)15(18(23)19(21)24)17(22)11-4-7-13-14(8-11)26-9-25-13/h2-8,16,22H,9H2,1H3/b17-15+. The summed E-state index contributed by atoms with van der Waals surface area (Å²) in [6, 6.07) is 9.38. The Bertz CT molecular complexity index is 951. The molecule has 6 nitrogen and oxygen atoms in total. The smallest absolute Gasteiger partial charge is 0.295 e. The summed E-state index contributed by atoms with van der Waals surface area (Å²) in [7, 11) is 1.47. The Labute approximate surface area is 148 Å². The van der Waals surface area contributed by atoms with E-state index in [9.17, 15) is 19.1 Å². The molecular weight excluding hydrogens is 341 g/mol. The number of aliphatic hydroxyl groups excluding tert-OH is 1. The molecule has 2 aromatic carbocycles. The maximum atomic E-state index is 13.2. The zero-order valence-corrected chi connectivity index (χ0v) is 13.7. The van der Waals surface area contributed by atoms with Crippen LogP contribution in [0, 0.1) is 5.82 Å². The summed E-state index contributed by atoms with van der Waals surface area (Å²) in [4.78, 5) is 25.9. The number of carbonyl (C=O) groups excluding carboxylic acids is 2. The van der Waals surface area contributed by atoms with Crippen molar-refractivity contribution >= 4 is 17.4 Å². The van der Waals surface area contributed by atoms with Crippen molar-refractivity contribution in [3.8, 4) is 11.5 Å². The lowest BCUT2D eigenvalue weighted by Crippen LogP contribution is -2.24. The monoisotopic (exact) mass is 355 g/mol. The minimum atomic E-state index is -0.805. The molecular formula is C19H14FNO5. The third-order valence-electron chi connectivity index (χ3n) is 4.51. The van der Waals surface area contributed by atoms with Gasteiger partial charge in [-0.25, -0.2) is 4.39 Å². The van der Waals surface area contributed by atoms with Gasteiger partial charge in [0.1, 0.15) is 11.6 Å². The average Bonchev–Trinajstić information content (AvgIpc) is 3.20. The van der Waals surface area contributed by atoms with Gasteiger partial charge in [-0.3, -0.25) is 9.59 Å². The molecule has 0 aromatic heterocycles. The first kappa shape index (κ1) is 16.1. The number of carbonyl (C=O) groups is 2. The van der Waals surface area contributed by atoms with Crippen LogP contribution in [0.1, 0.15) is 17.2 Å². The number of likely N-dealkylation sites (tertiary alicyclic amines) is 1. The molecule has 0 radical (unpaired) electrons. The normalized spacial score (nSPS) is 20.7. The number of ketones is 1. The first-order valence-corrected chi connectivity index (χ1v) is 7.87. The molecule has 2 aliphatic heterocycles. The van der Waals surface area contributed by atoms with Gasteiger partial charge in [-0.1, -0.05) is 12.1 Å². The third-order valence-corrected chi connectivity index (χ3v) is 4.51. The van der Waals surface area contributed by atoms with Gasteiger partial charge in [0.15, 0.2) is 11.5 Å². The molecule has 1 saturated heterocycles. The quantitative estimate of drug-likeness (QED) is 0.509. The summed E-state index contributed by atoms with van der Waals surface area (Å²) in [5.74, 6) is -1.30. The lowest BCUT2D eigenvalue weighted by atomic mass is 9.95. The fourth-order valence-corrected chi connectivity index (χ4v) is 3.18. The number of ether oxygens (including phenoxy) is 2. The lowest BCUT2D eigenvalue weighted by molar-refractivity contribution is -0.139. The number of hydrogen-bond acceptors (Lipinski definition) is 5. The van der Waals surface area contributed by atoms with E-state index in [1.165, 1.54) is 36.2 Å². The van der Waals surface area contributed by atoms with Crippen LogP contribution in [0.4, 0.5) is 4.39 Å². The second-order valence-corrected chi connectivity index (χ2v) is 6.03. The van der Waals surface area contributed by atoms with Crippen molar-refractivity contribution in [2.75, 3.05) is 13.8 Å². The number of Topliss-reactive ketones (excluding diaryl/α,β-unsaturated/α-hetero) is 1. The number of amides is 1. The number of aliphatic hydroxyl groups is 1. The molecule has 26 heavy (non-hydrogen) atoms. The molecule has 0 aliphatic carbocycles. The first-order chi connectivity index (χ1) is 12.5. The van der Waals surface area contributed by atoms with Gasteiger partial charge in [0.05, 0.1) is 11.6 Å². The van der Waals surface area contributed by atoms with Crippen molar-refractivity contribution in [1.82, 2.24) is 4.90 Å². The van der Waals surface area contributed by atoms with Crippen molar-refractivity contribution in [2.24, 2.45) is 0 Å². The first-order valence-electron chi connectivity index (χ1n) is 7.87. The van der Waals surface area contributed by atoms with Gasteiger partial charge < -0.3 is 19.5 Å². The molecule has 1 amide bonds. The van der Waals surface area contributed by atoms with Gasteiger partial charge in [-0.15, -0.1) is 0 Å². The Balaban J connectivity index is 1.85. The number of halogens is 1. The van der Waals surface area contributed by atoms with E-state index in [4.69, 9.17) is 9.47 Å². The number of benzene rings is 2. The summed E-state index contributed by atoms with van der Waals surface area (Å²) < 4.78 is 23.8. The zero-order chi connectivity index (χ0) is 18.4. The van der Waals surface area contributed by atoms with Gasteiger partial charge >= 0.3 is 0 Å². The third kappa shape index (κ3) is 2.40. The van der Waals surface area contributed by atoms with E-state index in [-0.39, 0.29) is 18.1 Å². The van der Waals surface area contributed by atoms with Crippen LogP contribution < -0.4 is 9.47 Å². The molecule has 0 bridgehead atoms. The van der Waals surface area contributed by atoms with Crippen molar-refractivity contribution in [2.45, 2.75) is 6.04 Å². The van der Waals surface area contributed by atoms with Crippen molar-refractivity contribution in [3.63, 3.8) is 0 Å². The second-order valence-electron chi connectivity index (χ2n) is 6.03. The molecule has 132 valence electrons. The summed E-state index contributed by atoms with van der Waals surface area (Å²) in [6.45, 7) is 0.0779. The van der Waals surface area contributed by atoms with Crippen LogP contribution in [0.5, 0.6) is 11.5 Å². The molecule has 0 spiro atoms. The van der Waals surface area contributed by atoms with Gasteiger partial charge in [0, 0.05) is 12.6 Å². The van der Waals surface area contributed by atoms with Crippen LogP contribution in [0.2, 0.25) is 0 Å². The highest BCUT2D eigenvalue weighted by molar-refractivity contribution is 6.46. The van der Waals surface area contributed by atoms with Gasteiger partial charge in [-0.2, -0.15) is 0 Å². The van der Waals surface area contributed by atoms with E-state index >= 15 is 0 Å². The van der Waals surface area contributed by atoms with Gasteiger partial charge in [0.2, 0.25) is 6.79 Å². The SMILES string of the molecule is CN1C(=O)C(=O)/C(=C(/O)c2ccc3c(c2)OCO3)C1c1ccc(F)cc1. The maximum Gasteiger partial charge on any atom is 0.295 e. The maximum absolute atomic E-state index is 13.2. The Morgan fingerprint density at radius 2 is 1.81 bits per heavy atom. The molecule has 1 unspecified atom stereocenters. The Kier molecular flexibility index (Phi) is 3.64. The second kappa shape index (κ2) is 5.87. The molecule has 2 heterocycles. The zero-order valence-electron chi connectivity index (χ0n) is 13.7. The van der Waals surface area contributed by atoms with E-state index in [2.05, 4.69) is 0 Å². The minimum Gasteiger partial charge on any atom is -0.507 e. The minimum absolute atomic E-state index is 0.0528. The lowest BCUT2D eigenvalue weighted by Gasteiger charge is -2.21. The molecule has 2 aromatic rings. The molecule has 1 atom stereocenters. The van der Waals surface area contributed by atoms with Crippen LogP contribution in [-0.2, 0) is 9.59 Å². The highest BCUT2D eigenvalue weighted by Gasteiger charge is 2.44. The number of fused-ring (bicyclic) bond motifs is 1. The molecule has 0 saturated carbocycles.